The molecule has 0 atom stereocenters. The van der Waals surface area contributed by atoms with Gasteiger partial charge in [-0.15, -0.1) is 0 Å². The lowest BCUT2D eigenvalue weighted by Crippen LogP contribution is -2.27. The summed E-state index contributed by atoms with van der Waals surface area (Å²) in [5.74, 6) is 0.0545. The average molecular weight is 485 g/mol. The SMILES string of the molecule is O=C1/C(=C\c2ccc(-c3cccc(Cl)c3Cl)o2)SC(=S)N1c1ccc(F)c(Cl)c1. The molecular weight excluding hydrogens is 476 g/mol. The van der Waals surface area contributed by atoms with Crippen LogP contribution >= 0.6 is 58.8 Å². The minimum Gasteiger partial charge on any atom is -0.457 e. The van der Waals surface area contributed by atoms with Crippen molar-refractivity contribution in [3.63, 3.8) is 0 Å². The summed E-state index contributed by atoms with van der Waals surface area (Å²) in [6, 6.07) is 12.7. The number of rotatable bonds is 3. The smallest absolute Gasteiger partial charge is 0.270 e. The van der Waals surface area contributed by atoms with E-state index in [0.717, 1.165) is 11.8 Å². The van der Waals surface area contributed by atoms with E-state index in [1.54, 1.807) is 36.4 Å². The zero-order valence-corrected chi connectivity index (χ0v) is 18.2. The van der Waals surface area contributed by atoms with E-state index < -0.39 is 5.82 Å². The standard InChI is InChI=1S/C20H9Cl3FNO2S2/c21-13-3-1-2-12(18(13)23)16-7-5-11(27-16)9-17-19(26)25(20(28)29-17)10-4-6-15(24)14(22)8-10/h1-9H/b17-9+. The molecule has 0 saturated carbocycles. The second kappa shape index (κ2) is 8.13. The zero-order chi connectivity index (χ0) is 20.7. The number of nitrogens with zero attached hydrogens (tertiary/aromatic N) is 1. The second-order valence-corrected chi connectivity index (χ2v) is 8.79. The molecule has 0 bridgehead atoms. The number of carbonyl (C=O) groups excluding carboxylic acids is 1. The fourth-order valence-corrected chi connectivity index (χ4v) is 4.56. The van der Waals surface area contributed by atoms with E-state index in [1.807, 2.05) is 0 Å². The van der Waals surface area contributed by atoms with Crippen molar-refractivity contribution in [2.45, 2.75) is 0 Å². The maximum atomic E-state index is 13.4. The number of anilines is 1. The number of carbonyl (C=O) groups is 1. The second-order valence-electron chi connectivity index (χ2n) is 5.92. The summed E-state index contributed by atoms with van der Waals surface area (Å²) in [4.78, 5) is 14.5. The van der Waals surface area contributed by atoms with Gasteiger partial charge in [0.25, 0.3) is 5.91 Å². The highest BCUT2D eigenvalue weighted by molar-refractivity contribution is 8.27. The van der Waals surface area contributed by atoms with Crippen LogP contribution in [0.3, 0.4) is 0 Å². The van der Waals surface area contributed by atoms with E-state index in [-0.39, 0.29) is 10.9 Å². The molecule has 146 valence electrons. The predicted molar refractivity (Wildman–Crippen MR) is 121 cm³/mol. The molecule has 1 aliphatic heterocycles. The molecule has 1 saturated heterocycles. The summed E-state index contributed by atoms with van der Waals surface area (Å²) in [5, 5.41) is 0.713. The van der Waals surface area contributed by atoms with Gasteiger partial charge in [0.2, 0.25) is 0 Å². The van der Waals surface area contributed by atoms with Crippen molar-refractivity contribution in [3.05, 3.63) is 80.1 Å². The number of hydrogen-bond donors (Lipinski definition) is 0. The van der Waals surface area contributed by atoms with Crippen molar-refractivity contribution in [2.24, 2.45) is 0 Å². The fourth-order valence-electron chi connectivity index (χ4n) is 2.71. The topological polar surface area (TPSA) is 33.5 Å². The fraction of sp³-hybridized carbons (Fsp3) is 0. The van der Waals surface area contributed by atoms with Gasteiger partial charge in [0.1, 0.15) is 17.3 Å². The molecule has 29 heavy (non-hydrogen) atoms. The molecule has 1 aromatic heterocycles. The third-order valence-corrected chi connectivity index (χ3v) is 6.48. The molecule has 3 aromatic rings. The monoisotopic (exact) mass is 483 g/mol. The van der Waals surface area contributed by atoms with Crippen LogP contribution in [0, 0.1) is 5.82 Å². The number of amides is 1. The Morgan fingerprint density at radius 2 is 1.86 bits per heavy atom. The molecule has 2 heterocycles. The van der Waals surface area contributed by atoms with Crippen LogP contribution < -0.4 is 4.90 Å². The minimum atomic E-state index is -0.570. The Balaban J connectivity index is 1.63. The summed E-state index contributed by atoms with van der Waals surface area (Å²) in [7, 11) is 0. The lowest BCUT2D eigenvalue weighted by Gasteiger charge is -2.14. The number of halogens is 4. The van der Waals surface area contributed by atoms with Crippen molar-refractivity contribution >= 4 is 80.8 Å². The van der Waals surface area contributed by atoms with Gasteiger partial charge in [-0.05, 0) is 42.5 Å². The highest BCUT2D eigenvalue weighted by atomic mass is 35.5. The molecule has 0 radical (unpaired) electrons. The van der Waals surface area contributed by atoms with Gasteiger partial charge >= 0.3 is 0 Å². The first-order valence-electron chi connectivity index (χ1n) is 8.12. The summed E-state index contributed by atoms with van der Waals surface area (Å²) >= 11 is 24.5. The Bertz CT molecular complexity index is 1190. The number of benzene rings is 2. The Hall–Kier alpha value is -1.83. The molecule has 2 aromatic carbocycles. The van der Waals surface area contributed by atoms with E-state index in [1.165, 1.54) is 23.1 Å². The Kier molecular flexibility index (Phi) is 5.73. The molecule has 0 spiro atoms. The largest absolute Gasteiger partial charge is 0.457 e. The van der Waals surface area contributed by atoms with Gasteiger partial charge in [-0.3, -0.25) is 9.69 Å². The van der Waals surface area contributed by atoms with E-state index in [0.29, 0.717) is 42.0 Å². The first-order chi connectivity index (χ1) is 13.8. The van der Waals surface area contributed by atoms with E-state index in [2.05, 4.69) is 0 Å². The highest BCUT2D eigenvalue weighted by Gasteiger charge is 2.34. The molecule has 9 heteroatoms. The van der Waals surface area contributed by atoms with Crippen LogP contribution in [-0.2, 0) is 4.79 Å². The average Bonchev–Trinajstić information content (AvgIpc) is 3.25. The molecule has 1 amide bonds. The number of thioether (sulfide) groups is 1. The van der Waals surface area contributed by atoms with Crippen molar-refractivity contribution in [1.29, 1.82) is 0 Å². The van der Waals surface area contributed by atoms with Crippen molar-refractivity contribution in [2.75, 3.05) is 4.90 Å². The van der Waals surface area contributed by atoms with Gasteiger partial charge in [-0.25, -0.2) is 4.39 Å². The van der Waals surface area contributed by atoms with Crippen LogP contribution in [0.25, 0.3) is 17.4 Å². The van der Waals surface area contributed by atoms with Gasteiger partial charge in [-0.1, -0.05) is 64.8 Å². The first-order valence-corrected chi connectivity index (χ1v) is 10.5. The van der Waals surface area contributed by atoms with Gasteiger partial charge in [-0.2, -0.15) is 0 Å². The van der Waals surface area contributed by atoms with Gasteiger partial charge in [0.15, 0.2) is 4.32 Å². The molecule has 1 aliphatic rings. The van der Waals surface area contributed by atoms with Crippen LogP contribution in [-0.4, -0.2) is 10.2 Å². The Morgan fingerprint density at radius 3 is 2.62 bits per heavy atom. The van der Waals surface area contributed by atoms with E-state index in [4.69, 9.17) is 51.4 Å². The minimum absolute atomic E-state index is 0.0883. The van der Waals surface area contributed by atoms with Crippen molar-refractivity contribution in [3.8, 4) is 11.3 Å². The molecular formula is C20H9Cl3FNO2S2. The molecule has 0 unspecified atom stereocenters. The van der Waals surface area contributed by atoms with Crippen LogP contribution in [0.4, 0.5) is 10.1 Å². The predicted octanol–water partition coefficient (Wildman–Crippen LogP) is 7.45. The summed E-state index contributed by atoms with van der Waals surface area (Å²) in [6.45, 7) is 0. The Labute approximate surface area is 190 Å². The third kappa shape index (κ3) is 3.96. The number of thiocarbonyl (C=S) groups is 1. The van der Waals surface area contributed by atoms with Gasteiger partial charge in [0, 0.05) is 11.6 Å². The lowest BCUT2D eigenvalue weighted by atomic mass is 10.2. The summed E-state index contributed by atoms with van der Waals surface area (Å²) < 4.78 is 19.5. The third-order valence-electron chi connectivity index (χ3n) is 4.07. The molecule has 4 rings (SSSR count). The quantitative estimate of drug-likeness (QED) is 0.285. The highest BCUT2D eigenvalue weighted by Crippen LogP contribution is 2.38. The number of hydrogen-bond acceptors (Lipinski definition) is 4. The van der Waals surface area contributed by atoms with Crippen LogP contribution in [0.15, 0.2) is 57.9 Å². The normalized spacial score (nSPS) is 15.6. The summed E-state index contributed by atoms with van der Waals surface area (Å²) in [5.41, 5.74) is 1.04. The first kappa shape index (κ1) is 20.4. The van der Waals surface area contributed by atoms with Crippen LogP contribution in [0.2, 0.25) is 15.1 Å². The molecule has 0 aliphatic carbocycles. The van der Waals surface area contributed by atoms with E-state index in [9.17, 15) is 9.18 Å². The Morgan fingerprint density at radius 1 is 1.07 bits per heavy atom. The lowest BCUT2D eigenvalue weighted by molar-refractivity contribution is -0.113. The summed E-state index contributed by atoms with van der Waals surface area (Å²) in [6.07, 6.45) is 1.59. The zero-order valence-electron chi connectivity index (χ0n) is 14.3. The molecule has 1 fully saturated rings. The van der Waals surface area contributed by atoms with Crippen LogP contribution in [0.5, 0.6) is 0 Å². The van der Waals surface area contributed by atoms with Gasteiger partial charge in [0.05, 0.1) is 25.7 Å². The molecule has 0 N–H and O–H groups in total. The van der Waals surface area contributed by atoms with Crippen molar-refractivity contribution in [1.82, 2.24) is 0 Å². The maximum Gasteiger partial charge on any atom is 0.270 e. The van der Waals surface area contributed by atoms with Crippen LogP contribution in [0.1, 0.15) is 5.76 Å². The van der Waals surface area contributed by atoms with Crippen molar-refractivity contribution < 1.29 is 13.6 Å². The maximum absolute atomic E-state index is 13.4. The van der Waals surface area contributed by atoms with E-state index >= 15 is 0 Å². The number of furan rings is 1. The van der Waals surface area contributed by atoms with Gasteiger partial charge < -0.3 is 4.42 Å². The molecule has 3 nitrogen and oxygen atoms in total.